The fraction of sp³-hybridized carbons (Fsp3) is 0.211. The molecular weight excluding hydrogens is 366 g/mol. The van der Waals surface area contributed by atoms with Gasteiger partial charge in [-0.3, -0.25) is 9.59 Å². The average molecular weight is 385 g/mol. The molecule has 0 aliphatic carbocycles. The molecule has 1 N–H and O–H groups in total. The lowest BCUT2D eigenvalue weighted by Crippen LogP contribution is -2.30. The lowest BCUT2D eigenvalue weighted by Gasteiger charge is -2.12. The van der Waals surface area contributed by atoms with Gasteiger partial charge in [-0.1, -0.05) is 24.3 Å². The second kappa shape index (κ2) is 6.96. The van der Waals surface area contributed by atoms with Crippen molar-refractivity contribution in [2.75, 3.05) is 11.6 Å². The summed E-state index contributed by atoms with van der Waals surface area (Å²) in [7, 11) is -3.39. The Morgan fingerprint density at radius 3 is 2.44 bits per heavy atom. The zero-order valence-corrected chi connectivity index (χ0v) is 16.0. The molecule has 27 heavy (non-hydrogen) atoms. The van der Waals surface area contributed by atoms with Crippen molar-refractivity contribution in [2.45, 2.75) is 25.3 Å². The first-order chi connectivity index (χ1) is 12.7. The summed E-state index contributed by atoms with van der Waals surface area (Å²) in [6.07, 6.45) is 1.10. The van der Waals surface area contributed by atoms with Crippen LogP contribution in [-0.4, -0.2) is 30.4 Å². The summed E-state index contributed by atoms with van der Waals surface area (Å²) in [4.78, 5) is 25.1. The minimum absolute atomic E-state index is 0.111. The highest BCUT2D eigenvalue weighted by Crippen LogP contribution is 2.20. The highest BCUT2D eigenvalue weighted by Gasteiger charge is 2.14. The molecule has 0 fully saturated rings. The molecule has 0 aliphatic rings. The fourth-order valence-corrected chi connectivity index (χ4v) is 3.45. The maximum Gasteiger partial charge on any atom is 0.275 e. The molecular formula is C19H19N3O4S. The monoisotopic (exact) mass is 385 g/mol. The first kappa shape index (κ1) is 18.8. The van der Waals surface area contributed by atoms with Crippen LogP contribution in [0.5, 0.6) is 0 Å². The molecule has 140 valence electrons. The van der Waals surface area contributed by atoms with Gasteiger partial charge in [0.2, 0.25) is 5.91 Å². The number of aryl methyl sites for hydroxylation is 2. The number of rotatable bonds is 4. The second-order valence-corrected chi connectivity index (χ2v) is 8.41. The number of hydrogen-bond donors (Lipinski definition) is 1. The SMILES string of the molecule is Cc1ccc(S(C)(=O)=O)cc1NC(=O)Cn1nc(C)c2ccccc2c1=O. The molecule has 1 heterocycles. The molecule has 0 bridgehead atoms. The summed E-state index contributed by atoms with van der Waals surface area (Å²) in [5.41, 5.74) is 1.39. The Morgan fingerprint density at radius 1 is 1.11 bits per heavy atom. The van der Waals surface area contributed by atoms with E-state index in [1.54, 1.807) is 32.0 Å². The Kier molecular flexibility index (Phi) is 4.84. The normalized spacial score (nSPS) is 11.5. The largest absolute Gasteiger partial charge is 0.324 e. The van der Waals surface area contributed by atoms with Crippen LogP contribution < -0.4 is 10.9 Å². The van der Waals surface area contributed by atoms with E-state index in [2.05, 4.69) is 10.4 Å². The molecule has 3 rings (SSSR count). The van der Waals surface area contributed by atoms with Crippen molar-refractivity contribution in [3.63, 3.8) is 0 Å². The first-order valence-electron chi connectivity index (χ1n) is 8.24. The van der Waals surface area contributed by atoms with Crippen LogP contribution in [0.2, 0.25) is 0 Å². The van der Waals surface area contributed by atoms with Crippen molar-refractivity contribution in [1.29, 1.82) is 0 Å². The lowest BCUT2D eigenvalue weighted by molar-refractivity contribution is -0.117. The van der Waals surface area contributed by atoms with Crippen molar-refractivity contribution >= 4 is 32.2 Å². The molecule has 0 atom stereocenters. The summed E-state index contributed by atoms with van der Waals surface area (Å²) in [6, 6.07) is 11.6. The Balaban J connectivity index is 1.90. The molecule has 0 unspecified atom stereocenters. The third-order valence-electron chi connectivity index (χ3n) is 4.26. The van der Waals surface area contributed by atoms with Gasteiger partial charge in [0.05, 0.1) is 16.0 Å². The molecule has 1 aromatic heterocycles. The zero-order chi connectivity index (χ0) is 19.8. The number of carbonyl (C=O) groups excluding carboxylic acids is 1. The Bertz CT molecular complexity index is 1210. The van der Waals surface area contributed by atoms with E-state index in [-0.39, 0.29) is 17.0 Å². The van der Waals surface area contributed by atoms with Crippen molar-refractivity contribution in [3.8, 4) is 0 Å². The number of benzene rings is 2. The quantitative estimate of drug-likeness (QED) is 0.741. The zero-order valence-electron chi connectivity index (χ0n) is 15.2. The summed E-state index contributed by atoms with van der Waals surface area (Å²) >= 11 is 0. The predicted molar refractivity (Wildman–Crippen MR) is 104 cm³/mol. The Hall–Kier alpha value is -3.00. The highest BCUT2D eigenvalue weighted by atomic mass is 32.2. The number of carbonyl (C=O) groups is 1. The second-order valence-electron chi connectivity index (χ2n) is 6.39. The van der Waals surface area contributed by atoms with Gasteiger partial charge in [-0.25, -0.2) is 13.1 Å². The smallest absolute Gasteiger partial charge is 0.275 e. The minimum atomic E-state index is -3.39. The number of aromatic nitrogens is 2. The van der Waals surface area contributed by atoms with Crippen LogP contribution in [0.3, 0.4) is 0 Å². The molecule has 2 aromatic carbocycles. The van der Waals surface area contributed by atoms with Gasteiger partial charge < -0.3 is 5.32 Å². The maximum absolute atomic E-state index is 12.6. The summed E-state index contributed by atoms with van der Waals surface area (Å²) in [6.45, 7) is 3.26. The van der Waals surface area contributed by atoms with Gasteiger partial charge in [0.1, 0.15) is 6.54 Å². The standard InChI is InChI=1S/C19H19N3O4S/c1-12-8-9-14(27(3,25)26)10-17(12)20-18(23)11-22-19(24)16-7-5-4-6-15(16)13(2)21-22/h4-10H,11H2,1-3H3,(H,20,23). The van der Waals surface area contributed by atoms with E-state index in [0.29, 0.717) is 22.3 Å². The van der Waals surface area contributed by atoms with Crippen molar-refractivity contribution < 1.29 is 13.2 Å². The summed E-state index contributed by atoms with van der Waals surface area (Å²) < 4.78 is 24.5. The van der Waals surface area contributed by atoms with Crippen LogP contribution in [0.15, 0.2) is 52.2 Å². The highest BCUT2D eigenvalue weighted by molar-refractivity contribution is 7.90. The molecule has 7 nitrogen and oxygen atoms in total. The number of sulfone groups is 1. The molecule has 3 aromatic rings. The molecule has 8 heteroatoms. The van der Waals surface area contributed by atoms with Crippen LogP contribution in [0, 0.1) is 13.8 Å². The molecule has 0 saturated carbocycles. The van der Waals surface area contributed by atoms with Crippen molar-refractivity contribution in [2.24, 2.45) is 0 Å². The Labute approximate surface area is 156 Å². The molecule has 0 aliphatic heterocycles. The van der Waals surface area contributed by atoms with E-state index in [4.69, 9.17) is 0 Å². The number of fused-ring (bicyclic) bond motifs is 1. The first-order valence-corrected chi connectivity index (χ1v) is 10.1. The van der Waals surface area contributed by atoms with Crippen LogP contribution in [0.4, 0.5) is 5.69 Å². The molecule has 1 amide bonds. The Morgan fingerprint density at radius 2 is 1.78 bits per heavy atom. The topological polar surface area (TPSA) is 98.1 Å². The summed E-state index contributed by atoms with van der Waals surface area (Å²) in [5.74, 6) is -0.465. The van der Waals surface area contributed by atoms with Gasteiger partial charge in [-0.05, 0) is 37.6 Å². The predicted octanol–water partition coefficient (Wildman–Crippen LogP) is 2.06. The number of nitrogens with one attached hydrogen (secondary N) is 1. The van der Waals surface area contributed by atoms with Crippen LogP contribution in [0.25, 0.3) is 10.8 Å². The van der Waals surface area contributed by atoms with E-state index in [1.807, 2.05) is 12.1 Å². The van der Waals surface area contributed by atoms with Gasteiger partial charge in [-0.2, -0.15) is 5.10 Å². The number of nitrogens with zero attached hydrogens (tertiary/aromatic N) is 2. The fourth-order valence-electron chi connectivity index (χ4n) is 2.80. The van der Waals surface area contributed by atoms with Crippen molar-refractivity contribution in [1.82, 2.24) is 9.78 Å². The van der Waals surface area contributed by atoms with Crippen molar-refractivity contribution in [3.05, 3.63) is 64.1 Å². The van der Waals surface area contributed by atoms with E-state index < -0.39 is 15.7 Å². The van der Waals surface area contributed by atoms with E-state index >= 15 is 0 Å². The van der Waals surface area contributed by atoms with E-state index in [1.165, 1.54) is 12.1 Å². The number of hydrogen-bond acceptors (Lipinski definition) is 5. The molecule has 0 spiro atoms. The third-order valence-corrected chi connectivity index (χ3v) is 5.37. The van der Waals surface area contributed by atoms with Gasteiger partial charge in [-0.15, -0.1) is 0 Å². The van der Waals surface area contributed by atoms with Crippen LogP contribution >= 0.6 is 0 Å². The molecule has 0 saturated heterocycles. The number of amides is 1. The van der Waals surface area contributed by atoms with Gasteiger partial charge >= 0.3 is 0 Å². The van der Waals surface area contributed by atoms with E-state index in [0.717, 1.165) is 16.3 Å². The minimum Gasteiger partial charge on any atom is -0.324 e. The van der Waals surface area contributed by atoms with Gasteiger partial charge in [0.25, 0.3) is 5.56 Å². The number of anilines is 1. The lowest BCUT2D eigenvalue weighted by atomic mass is 10.1. The van der Waals surface area contributed by atoms with Gasteiger partial charge in [0, 0.05) is 17.3 Å². The molecule has 0 radical (unpaired) electrons. The van der Waals surface area contributed by atoms with Crippen LogP contribution in [-0.2, 0) is 21.2 Å². The maximum atomic E-state index is 12.6. The van der Waals surface area contributed by atoms with E-state index in [9.17, 15) is 18.0 Å². The average Bonchev–Trinajstić information content (AvgIpc) is 2.60. The van der Waals surface area contributed by atoms with Crippen LogP contribution in [0.1, 0.15) is 11.3 Å². The van der Waals surface area contributed by atoms with Gasteiger partial charge in [0.15, 0.2) is 9.84 Å². The summed E-state index contributed by atoms with van der Waals surface area (Å²) in [5, 5.41) is 8.11. The third kappa shape index (κ3) is 3.90.